The Balaban J connectivity index is 0.000000377. The Labute approximate surface area is 295 Å². The monoisotopic (exact) mass is 780 g/mol. The molecule has 0 aliphatic heterocycles. The largest absolute Gasteiger partial charge is 0.489 e. The number of hydrogen-bond donors (Lipinski definition) is 3. The van der Waals surface area contributed by atoms with E-state index in [-0.39, 0.29) is 58.2 Å². The zero-order chi connectivity index (χ0) is 37.6. The minimum absolute atomic E-state index is 0.0739. The van der Waals surface area contributed by atoms with E-state index in [1.165, 1.54) is 37.7 Å². The van der Waals surface area contributed by atoms with Crippen molar-refractivity contribution in [3.63, 3.8) is 0 Å². The second-order valence-corrected chi connectivity index (χ2v) is 13.4. The van der Waals surface area contributed by atoms with Gasteiger partial charge in [-0.2, -0.15) is 0 Å². The van der Waals surface area contributed by atoms with E-state index in [1.54, 1.807) is 6.07 Å². The normalized spacial score (nSPS) is 13.8. The number of carbonyl (C=O) groups excluding carboxylic acids is 1. The lowest BCUT2D eigenvalue weighted by atomic mass is 9.92. The topological polar surface area (TPSA) is 148 Å². The van der Waals surface area contributed by atoms with Crippen LogP contribution in [0.15, 0.2) is 47.5 Å². The van der Waals surface area contributed by atoms with Crippen LogP contribution < -0.4 is 26.3 Å². The van der Waals surface area contributed by atoms with Gasteiger partial charge >= 0.3 is 6.09 Å². The number of halogens is 7. The molecule has 5 N–H and O–H groups in total. The summed E-state index contributed by atoms with van der Waals surface area (Å²) in [7, 11) is 1.20. The van der Waals surface area contributed by atoms with Crippen LogP contribution in [-0.2, 0) is 4.74 Å². The van der Waals surface area contributed by atoms with E-state index >= 15 is 0 Å². The van der Waals surface area contributed by atoms with Gasteiger partial charge in [-0.15, -0.1) is 0 Å². The summed E-state index contributed by atoms with van der Waals surface area (Å²) in [6.07, 6.45) is -1.80. The van der Waals surface area contributed by atoms with Crippen molar-refractivity contribution in [2.75, 3.05) is 39.0 Å². The Morgan fingerprint density at radius 2 is 1.34 bits per heavy atom. The Hall–Kier alpha value is -3.70. The van der Waals surface area contributed by atoms with Gasteiger partial charge in [0.05, 0.1) is 47.4 Å². The van der Waals surface area contributed by atoms with Crippen molar-refractivity contribution in [1.29, 1.82) is 0 Å². The number of carbonyl (C=O) groups is 1. The van der Waals surface area contributed by atoms with Gasteiger partial charge < -0.3 is 25.7 Å². The van der Waals surface area contributed by atoms with E-state index < -0.39 is 48.9 Å². The lowest BCUT2D eigenvalue weighted by molar-refractivity contribution is 0.131. The highest BCUT2D eigenvalue weighted by Crippen LogP contribution is 2.34. The first-order valence-corrected chi connectivity index (χ1v) is 16.2. The molecule has 0 bridgehead atoms. The molecular weight excluding hydrogens is 738 g/mol. The molecule has 0 aliphatic rings. The van der Waals surface area contributed by atoms with Crippen LogP contribution in [0.4, 0.5) is 37.0 Å². The predicted octanol–water partition coefficient (Wildman–Crippen LogP) is 8.23. The first-order valence-electron chi connectivity index (χ1n) is 15.4. The summed E-state index contributed by atoms with van der Waals surface area (Å²) in [5.41, 5.74) is 9.41. The standard InChI is InChI=1S/C20H25F3N4O3.C13H18BrF3N2O/c1-12(2)8-20(24,10-21)11-30-16-9-26-15(7-14(16)18(22)23)13-4-5-25-17(6-13)27-19(28)29-3;1-8(2)4-13(18,6-15)7-20-10-5-19-11(14)3-9(10)12(16)17/h4-7,9,12,18H,8,10-11,24H2,1-3H3,(H,25,27,28);3,5,8,12H,4,6-7,18H2,1-2H3/t20-;13-/m00/s1. The maximum absolute atomic E-state index is 13.6. The summed E-state index contributed by atoms with van der Waals surface area (Å²) in [6.45, 7) is 5.53. The van der Waals surface area contributed by atoms with Gasteiger partial charge in [-0.05, 0) is 64.9 Å². The molecule has 1 amide bonds. The highest BCUT2D eigenvalue weighted by atomic mass is 79.9. The molecule has 50 heavy (non-hydrogen) atoms. The number of methoxy groups -OCH3 is 1. The van der Waals surface area contributed by atoms with Gasteiger partial charge in [-0.1, -0.05) is 27.7 Å². The van der Waals surface area contributed by atoms with E-state index in [2.05, 4.69) is 40.9 Å². The Bertz CT molecular complexity index is 1530. The fourth-order valence-electron chi connectivity index (χ4n) is 4.82. The third kappa shape index (κ3) is 13.5. The molecule has 0 saturated carbocycles. The molecule has 0 saturated heterocycles. The number of nitrogens with one attached hydrogen (secondary N) is 1. The first kappa shape index (κ1) is 42.5. The highest BCUT2D eigenvalue weighted by molar-refractivity contribution is 9.10. The van der Waals surface area contributed by atoms with Crippen LogP contribution in [0.2, 0.25) is 0 Å². The van der Waals surface area contributed by atoms with Crippen LogP contribution in [0.1, 0.15) is 64.5 Å². The van der Waals surface area contributed by atoms with Crippen LogP contribution in [0.3, 0.4) is 0 Å². The van der Waals surface area contributed by atoms with E-state index in [0.29, 0.717) is 18.4 Å². The Morgan fingerprint density at radius 1 is 0.840 bits per heavy atom. The molecule has 3 rings (SSSR count). The third-order valence-corrected chi connectivity index (χ3v) is 7.33. The van der Waals surface area contributed by atoms with Crippen LogP contribution >= 0.6 is 15.9 Å². The molecule has 0 unspecified atom stereocenters. The molecule has 0 aromatic carbocycles. The SMILES string of the molecule is CC(C)C[C@](N)(CF)COc1cnc(Br)cc1C(F)F.COC(=O)Nc1cc(-c2cc(C(F)F)c(OC[C@@](N)(CF)CC(C)C)cn2)ccn1. The minimum atomic E-state index is -2.85. The average Bonchev–Trinajstić information content (AvgIpc) is 3.06. The number of ether oxygens (including phenoxy) is 3. The van der Waals surface area contributed by atoms with Crippen LogP contribution in [0.25, 0.3) is 11.3 Å². The number of alkyl halides is 6. The van der Waals surface area contributed by atoms with Crippen LogP contribution in [0, 0.1) is 11.8 Å². The summed E-state index contributed by atoms with van der Waals surface area (Å²) < 4.78 is 95.0. The molecule has 0 aliphatic carbocycles. The molecule has 0 fully saturated rings. The maximum atomic E-state index is 13.6. The number of pyridine rings is 3. The molecule has 0 spiro atoms. The molecule has 2 atom stereocenters. The summed E-state index contributed by atoms with van der Waals surface area (Å²) >= 11 is 3.02. The smallest absolute Gasteiger partial charge is 0.412 e. The van der Waals surface area contributed by atoms with Crippen molar-refractivity contribution >= 4 is 27.8 Å². The second kappa shape index (κ2) is 19.6. The molecule has 10 nitrogen and oxygen atoms in total. The summed E-state index contributed by atoms with van der Waals surface area (Å²) in [4.78, 5) is 23.3. The number of nitrogens with zero attached hydrogens (tertiary/aromatic N) is 3. The van der Waals surface area contributed by atoms with Crippen molar-refractivity contribution < 1.29 is 45.3 Å². The predicted molar refractivity (Wildman–Crippen MR) is 181 cm³/mol. The second-order valence-electron chi connectivity index (χ2n) is 12.6. The lowest BCUT2D eigenvalue weighted by Gasteiger charge is -2.28. The van der Waals surface area contributed by atoms with Gasteiger partial charge in [-0.3, -0.25) is 10.3 Å². The Kier molecular flexibility index (Phi) is 16.7. The molecule has 278 valence electrons. The van der Waals surface area contributed by atoms with Crippen LogP contribution in [-0.4, -0.2) is 65.8 Å². The van der Waals surface area contributed by atoms with E-state index in [1.807, 2.05) is 27.7 Å². The van der Waals surface area contributed by atoms with Gasteiger partial charge in [-0.25, -0.2) is 41.1 Å². The van der Waals surface area contributed by atoms with Gasteiger partial charge in [0.25, 0.3) is 12.9 Å². The number of amides is 1. The molecule has 3 aromatic heterocycles. The van der Waals surface area contributed by atoms with E-state index in [9.17, 15) is 31.1 Å². The zero-order valence-electron chi connectivity index (χ0n) is 28.4. The molecular formula is C33H43BrF6N6O4. The molecule has 3 heterocycles. The van der Waals surface area contributed by atoms with Crippen molar-refractivity contribution in [2.24, 2.45) is 23.3 Å². The molecule has 3 aromatic rings. The zero-order valence-corrected chi connectivity index (χ0v) is 30.0. The quantitative estimate of drug-likeness (QED) is 0.0966. The van der Waals surface area contributed by atoms with Gasteiger partial charge in [0, 0.05) is 11.8 Å². The highest BCUT2D eigenvalue weighted by Gasteiger charge is 2.30. The Morgan fingerprint density at radius 3 is 1.80 bits per heavy atom. The van der Waals surface area contributed by atoms with Crippen LogP contribution in [0.5, 0.6) is 11.5 Å². The minimum Gasteiger partial charge on any atom is -0.489 e. The summed E-state index contributed by atoms with van der Waals surface area (Å²) in [5, 5.41) is 2.39. The number of aromatic nitrogens is 3. The molecule has 0 radical (unpaired) electrons. The average molecular weight is 782 g/mol. The third-order valence-electron chi connectivity index (χ3n) is 6.90. The van der Waals surface area contributed by atoms with Crippen molar-refractivity contribution in [3.8, 4) is 22.8 Å². The van der Waals surface area contributed by atoms with Gasteiger partial charge in [0.2, 0.25) is 0 Å². The number of hydrogen-bond acceptors (Lipinski definition) is 9. The number of rotatable bonds is 16. The number of nitrogens with two attached hydrogens (primary N) is 2. The number of anilines is 1. The van der Waals surface area contributed by atoms with Gasteiger partial charge in [0.15, 0.2) is 0 Å². The molecule has 17 heteroatoms. The maximum Gasteiger partial charge on any atom is 0.412 e. The summed E-state index contributed by atoms with van der Waals surface area (Å²) in [5.74, 6) is 0.225. The van der Waals surface area contributed by atoms with Crippen molar-refractivity contribution in [3.05, 3.63) is 58.6 Å². The van der Waals surface area contributed by atoms with Crippen molar-refractivity contribution in [1.82, 2.24) is 15.0 Å². The van der Waals surface area contributed by atoms with E-state index in [0.717, 1.165) is 6.20 Å². The fraction of sp³-hybridized carbons (Fsp3) is 0.515. The van der Waals surface area contributed by atoms with E-state index in [4.69, 9.17) is 20.9 Å². The summed E-state index contributed by atoms with van der Waals surface area (Å²) in [6, 6.07) is 5.37. The first-order chi connectivity index (χ1) is 23.4. The van der Waals surface area contributed by atoms with Crippen molar-refractivity contribution in [2.45, 2.75) is 64.5 Å². The fourth-order valence-corrected chi connectivity index (χ4v) is 5.17. The lowest BCUT2D eigenvalue weighted by Crippen LogP contribution is -2.49. The van der Waals surface area contributed by atoms with Gasteiger partial charge in [0.1, 0.15) is 48.5 Å².